The van der Waals surface area contributed by atoms with E-state index in [1.165, 1.54) is 12.1 Å². The van der Waals surface area contributed by atoms with Gasteiger partial charge in [-0.15, -0.1) is 24.0 Å². The molecule has 32 heavy (non-hydrogen) atoms. The third-order valence-corrected chi connectivity index (χ3v) is 5.07. The Kier molecular flexibility index (Phi) is 12.6. The second-order valence-corrected chi connectivity index (χ2v) is 7.57. The van der Waals surface area contributed by atoms with Crippen LogP contribution in [0.25, 0.3) is 11.5 Å². The lowest BCUT2D eigenvalue weighted by molar-refractivity contribution is 0.0205. The molecule has 0 saturated carbocycles. The van der Waals surface area contributed by atoms with Crippen molar-refractivity contribution in [3.8, 4) is 11.5 Å². The van der Waals surface area contributed by atoms with Gasteiger partial charge >= 0.3 is 0 Å². The first kappa shape index (κ1) is 26.5. The third kappa shape index (κ3) is 9.41. The Bertz CT molecular complexity index is 795. The van der Waals surface area contributed by atoms with Gasteiger partial charge in [-0.2, -0.15) is 0 Å². The van der Waals surface area contributed by atoms with Crippen LogP contribution in [0.1, 0.15) is 31.9 Å². The summed E-state index contributed by atoms with van der Waals surface area (Å²) in [5.74, 6) is 1.64. The van der Waals surface area contributed by atoms with E-state index in [0.29, 0.717) is 31.3 Å². The van der Waals surface area contributed by atoms with Crippen molar-refractivity contribution in [1.82, 2.24) is 15.6 Å². The van der Waals surface area contributed by atoms with E-state index in [9.17, 15) is 4.39 Å². The molecule has 0 spiro atoms. The van der Waals surface area contributed by atoms with E-state index < -0.39 is 0 Å². The molecule has 3 rings (SSSR count). The molecule has 1 saturated heterocycles. The molecule has 1 aromatic heterocycles. The molecule has 0 unspecified atom stereocenters. The summed E-state index contributed by atoms with van der Waals surface area (Å²) in [6.07, 6.45) is 5.43. The molecule has 1 aliphatic heterocycles. The fourth-order valence-corrected chi connectivity index (χ4v) is 3.32. The van der Waals surface area contributed by atoms with E-state index in [2.05, 4.69) is 20.6 Å². The normalized spacial score (nSPS) is 14.8. The van der Waals surface area contributed by atoms with Crippen LogP contribution in [-0.4, -0.2) is 57.0 Å². The molecule has 0 amide bonds. The average molecular weight is 560 g/mol. The number of hydrogen-bond acceptors (Lipinski definition) is 5. The van der Waals surface area contributed by atoms with Gasteiger partial charge in [0.15, 0.2) is 5.96 Å². The van der Waals surface area contributed by atoms with E-state index in [1.54, 1.807) is 18.4 Å². The Balaban J connectivity index is 0.00000363. The van der Waals surface area contributed by atoms with Gasteiger partial charge in [0, 0.05) is 58.0 Å². The molecule has 178 valence electrons. The van der Waals surface area contributed by atoms with Gasteiger partial charge in [0.05, 0.1) is 5.69 Å². The van der Waals surface area contributed by atoms with E-state index in [4.69, 9.17) is 13.9 Å². The van der Waals surface area contributed by atoms with Crippen LogP contribution in [0, 0.1) is 11.7 Å². The highest BCUT2D eigenvalue weighted by molar-refractivity contribution is 14.0. The van der Waals surface area contributed by atoms with Crippen LogP contribution in [0.4, 0.5) is 4.39 Å². The first-order valence-corrected chi connectivity index (χ1v) is 11.1. The Morgan fingerprint density at radius 2 is 2.00 bits per heavy atom. The third-order valence-electron chi connectivity index (χ3n) is 5.07. The molecule has 9 heteroatoms. The summed E-state index contributed by atoms with van der Waals surface area (Å²) in [4.78, 5) is 9.08. The maximum Gasteiger partial charge on any atom is 0.226 e. The molecule has 0 bridgehead atoms. The number of benzene rings is 1. The van der Waals surface area contributed by atoms with Gasteiger partial charge in [-0.05, 0) is 56.4 Å². The van der Waals surface area contributed by atoms with Crippen molar-refractivity contribution >= 4 is 29.9 Å². The van der Waals surface area contributed by atoms with Gasteiger partial charge in [0.25, 0.3) is 0 Å². The zero-order chi connectivity index (χ0) is 21.7. The number of aliphatic imine (C=N–C) groups is 1. The van der Waals surface area contributed by atoms with Crippen molar-refractivity contribution < 1.29 is 18.3 Å². The number of ether oxygens (including phenoxy) is 2. The highest BCUT2D eigenvalue weighted by Crippen LogP contribution is 2.19. The maximum absolute atomic E-state index is 13.1. The van der Waals surface area contributed by atoms with Gasteiger partial charge in [-0.25, -0.2) is 9.37 Å². The highest BCUT2D eigenvalue weighted by atomic mass is 127. The summed E-state index contributed by atoms with van der Waals surface area (Å²) < 4.78 is 29.7. The van der Waals surface area contributed by atoms with Crippen molar-refractivity contribution in [2.45, 2.75) is 32.6 Å². The van der Waals surface area contributed by atoms with Crippen molar-refractivity contribution in [2.24, 2.45) is 10.9 Å². The number of halogens is 2. The minimum atomic E-state index is -0.277. The maximum atomic E-state index is 13.1. The molecule has 2 heterocycles. The first-order chi connectivity index (χ1) is 15.2. The van der Waals surface area contributed by atoms with Crippen LogP contribution < -0.4 is 10.6 Å². The zero-order valence-electron chi connectivity index (χ0n) is 18.6. The summed E-state index contributed by atoms with van der Waals surface area (Å²) >= 11 is 0. The smallest absolute Gasteiger partial charge is 0.226 e. The van der Waals surface area contributed by atoms with Crippen molar-refractivity contribution in [1.29, 1.82) is 0 Å². The minimum absolute atomic E-state index is 0. The molecule has 2 N–H and O–H groups in total. The lowest BCUT2D eigenvalue weighted by Crippen LogP contribution is -2.38. The SMILES string of the molecule is CCNC(=NCCCOCC1CCOCC1)NCCc1coc(-c2ccc(F)cc2)n1.I. The van der Waals surface area contributed by atoms with Crippen LogP contribution in [0.5, 0.6) is 0 Å². The van der Waals surface area contributed by atoms with Crippen molar-refractivity contribution in [3.05, 3.63) is 42.0 Å². The largest absolute Gasteiger partial charge is 0.444 e. The number of nitrogens with one attached hydrogen (secondary N) is 2. The van der Waals surface area contributed by atoms with E-state index >= 15 is 0 Å². The highest BCUT2D eigenvalue weighted by Gasteiger charge is 2.13. The molecular weight excluding hydrogens is 526 g/mol. The minimum Gasteiger partial charge on any atom is -0.444 e. The summed E-state index contributed by atoms with van der Waals surface area (Å²) in [5, 5.41) is 6.57. The molecule has 7 nitrogen and oxygen atoms in total. The van der Waals surface area contributed by atoms with Gasteiger partial charge in [0.2, 0.25) is 5.89 Å². The van der Waals surface area contributed by atoms with Crippen LogP contribution in [0.3, 0.4) is 0 Å². The standard InChI is InChI=1S/C23H33FN4O3.HI/c1-2-25-23(26-11-3-13-30-16-18-9-14-29-15-10-18)27-12-8-21-17-31-22(28-21)19-4-6-20(24)7-5-19;/h4-7,17-18H,2-3,8-16H2,1H3,(H2,25,26,27);1H. The number of aromatic nitrogens is 1. The topological polar surface area (TPSA) is 80.9 Å². The van der Waals surface area contributed by atoms with Gasteiger partial charge in [-0.3, -0.25) is 4.99 Å². The molecule has 2 aromatic rings. The Labute approximate surface area is 206 Å². The lowest BCUT2D eigenvalue weighted by Gasteiger charge is -2.21. The van der Waals surface area contributed by atoms with Crippen LogP contribution in [0.2, 0.25) is 0 Å². The number of nitrogens with zero attached hydrogens (tertiary/aromatic N) is 2. The van der Waals surface area contributed by atoms with Crippen LogP contribution >= 0.6 is 24.0 Å². The fourth-order valence-electron chi connectivity index (χ4n) is 3.32. The summed E-state index contributed by atoms with van der Waals surface area (Å²) in [5.41, 5.74) is 1.60. The summed E-state index contributed by atoms with van der Waals surface area (Å²) in [6, 6.07) is 6.12. The number of rotatable bonds is 11. The fraction of sp³-hybridized carbons (Fsp3) is 0.565. The van der Waals surface area contributed by atoms with Gasteiger partial charge < -0.3 is 24.5 Å². The van der Waals surface area contributed by atoms with Crippen molar-refractivity contribution in [2.75, 3.05) is 46.1 Å². The molecule has 0 aliphatic carbocycles. The van der Waals surface area contributed by atoms with E-state index in [1.807, 2.05) is 6.92 Å². The molecular formula is C23H34FIN4O3. The van der Waals surface area contributed by atoms with Crippen LogP contribution in [-0.2, 0) is 15.9 Å². The van der Waals surface area contributed by atoms with E-state index in [-0.39, 0.29) is 29.8 Å². The predicted molar refractivity (Wildman–Crippen MR) is 134 cm³/mol. The Hall–Kier alpha value is -1.72. The number of hydrogen-bond donors (Lipinski definition) is 2. The zero-order valence-corrected chi connectivity index (χ0v) is 21.0. The summed E-state index contributed by atoms with van der Waals surface area (Å²) in [6.45, 7) is 7.50. The Morgan fingerprint density at radius 1 is 1.22 bits per heavy atom. The molecule has 1 aromatic carbocycles. The number of oxazole rings is 1. The summed E-state index contributed by atoms with van der Waals surface area (Å²) in [7, 11) is 0. The van der Waals surface area contributed by atoms with Gasteiger partial charge in [-0.1, -0.05) is 0 Å². The van der Waals surface area contributed by atoms with Crippen LogP contribution in [0.15, 0.2) is 39.9 Å². The molecule has 1 fully saturated rings. The average Bonchev–Trinajstić information content (AvgIpc) is 3.26. The second-order valence-electron chi connectivity index (χ2n) is 7.57. The Morgan fingerprint density at radius 3 is 2.75 bits per heavy atom. The second kappa shape index (κ2) is 15.2. The molecule has 0 radical (unpaired) electrons. The van der Waals surface area contributed by atoms with Gasteiger partial charge in [0.1, 0.15) is 12.1 Å². The quantitative estimate of drug-likeness (QED) is 0.187. The van der Waals surface area contributed by atoms with E-state index in [0.717, 1.165) is 69.5 Å². The predicted octanol–water partition coefficient (Wildman–Crippen LogP) is 4.03. The first-order valence-electron chi connectivity index (χ1n) is 11.1. The molecule has 1 aliphatic rings. The van der Waals surface area contributed by atoms with Crippen molar-refractivity contribution in [3.63, 3.8) is 0 Å². The monoisotopic (exact) mass is 560 g/mol. The molecule has 0 atom stereocenters. The lowest BCUT2D eigenvalue weighted by atomic mass is 10.0. The number of guanidine groups is 1.